The highest BCUT2D eigenvalue weighted by atomic mass is 16.5. The number of hydrogen-bond donors (Lipinski definition) is 3. The topological polar surface area (TPSA) is 74.3 Å². The molecule has 148 valence electrons. The molecule has 0 aliphatic carbocycles. The van der Waals surface area contributed by atoms with E-state index in [1.54, 1.807) is 0 Å². The fourth-order valence-corrected chi connectivity index (χ4v) is 2.78. The average Bonchev–Trinajstić information content (AvgIpc) is 3.02. The van der Waals surface area contributed by atoms with Gasteiger partial charge in [-0.25, -0.2) is 4.99 Å². The summed E-state index contributed by atoms with van der Waals surface area (Å²) in [6, 6.07) is 6.28. The van der Waals surface area contributed by atoms with E-state index in [9.17, 15) is 0 Å². The third-order valence-electron chi connectivity index (χ3n) is 4.19. The smallest absolute Gasteiger partial charge is 0.191 e. The van der Waals surface area contributed by atoms with Gasteiger partial charge in [-0.2, -0.15) is 5.10 Å². The highest BCUT2D eigenvalue weighted by Gasteiger charge is 2.07. The van der Waals surface area contributed by atoms with E-state index < -0.39 is 0 Å². The third-order valence-corrected chi connectivity index (χ3v) is 4.19. The monoisotopic (exact) mass is 371 g/mol. The minimum Gasteiger partial charge on any atom is -0.491 e. The van der Waals surface area contributed by atoms with E-state index in [4.69, 9.17) is 9.73 Å². The number of aromatic nitrogens is 2. The van der Waals surface area contributed by atoms with Crippen LogP contribution in [0.4, 0.5) is 0 Å². The summed E-state index contributed by atoms with van der Waals surface area (Å²) in [6.45, 7) is 12.6. The van der Waals surface area contributed by atoms with Crippen LogP contribution in [0.15, 0.2) is 29.4 Å². The molecular formula is C21H33N5O. The second kappa shape index (κ2) is 10.6. The highest BCUT2D eigenvalue weighted by molar-refractivity contribution is 5.79. The van der Waals surface area contributed by atoms with E-state index in [-0.39, 0.29) is 6.10 Å². The molecule has 6 heteroatoms. The summed E-state index contributed by atoms with van der Waals surface area (Å²) < 4.78 is 5.95. The first-order valence-corrected chi connectivity index (χ1v) is 9.76. The van der Waals surface area contributed by atoms with Crippen molar-refractivity contribution in [2.75, 3.05) is 13.1 Å². The van der Waals surface area contributed by atoms with Crippen LogP contribution in [-0.2, 0) is 13.0 Å². The summed E-state index contributed by atoms with van der Waals surface area (Å²) in [7, 11) is 0. The predicted octanol–water partition coefficient (Wildman–Crippen LogP) is 3.50. The Morgan fingerprint density at radius 3 is 2.70 bits per heavy atom. The number of guanidine groups is 1. The molecule has 1 aromatic heterocycles. The molecule has 0 spiro atoms. The molecule has 0 aliphatic rings. The number of ether oxygens (including phenoxy) is 1. The first-order chi connectivity index (χ1) is 13.0. The number of hydrogen-bond acceptors (Lipinski definition) is 3. The van der Waals surface area contributed by atoms with Crippen molar-refractivity contribution in [3.05, 3.63) is 46.8 Å². The molecule has 2 rings (SSSR count). The van der Waals surface area contributed by atoms with Gasteiger partial charge in [0.2, 0.25) is 0 Å². The highest BCUT2D eigenvalue weighted by Crippen LogP contribution is 2.22. The molecule has 0 amide bonds. The normalized spacial score (nSPS) is 11.7. The summed E-state index contributed by atoms with van der Waals surface area (Å²) in [6.07, 6.45) is 4.07. The zero-order chi connectivity index (χ0) is 19.6. The van der Waals surface area contributed by atoms with Crippen molar-refractivity contribution < 1.29 is 4.74 Å². The Kier molecular flexibility index (Phi) is 8.17. The van der Waals surface area contributed by atoms with Crippen LogP contribution in [-0.4, -0.2) is 35.4 Å². The Balaban J connectivity index is 1.93. The molecular weight excluding hydrogens is 338 g/mol. The molecule has 0 radical (unpaired) electrons. The standard InChI is InChI=1S/C21H33N5O/c1-6-22-21(23-11-7-8-18-14-25-26-17(18)5)24-13-19-10-9-16(4)12-20(19)27-15(2)3/h9-10,12,14-15H,6-8,11,13H2,1-5H3,(H,25,26)(H2,22,23,24). The van der Waals surface area contributed by atoms with Gasteiger partial charge in [-0.3, -0.25) is 5.10 Å². The second-order valence-corrected chi connectivity index (χ2v) is 7.02. The van der Waals surface area contributed by atoms with Gasteiger partial charge in [-0.15, -0.1) is 0 Å². The van der Waals surface area contributed by atoms with E-state index in [2.05, 4.69) is 59.8 Å². The number of nitrogens with zero attached hydrogens (tertiary/aromatic N) is 2. The molecule has 1 heterocycles. The molecule has 0 bridgehead atoms. The predicted molar refractivity (Wildman–Crippen MR) is 111 cm³/mol. The maximum absolute atomic E-state index is 5.95. The fraction of sp³-hybridized carbons (Fsp3) is 0.524. The molecule has 0 saturated heterocycles. The van der Waals surface area contributed by atoms with Gasteiger partial charge in [0.05, 0.1) is 18.8 Å². The van der Waals surface area contributed by atoms with Crippen molar-refractivity contribution in [1.29, 1.82) is 0 Å². The lowest BCUT2D eigenvalue weighted by Gasteiger charge is -2.15. The Bertz CT molecular complexity index is 736. The van der Waals surface area contributed by atoms with Gasteiger partial charge in [0.1, 0.15) is 5.75 Å². The van der Waals surface area contributed by atoms with E-state index in [1.807, 2.05) is 20.0 Å². The largest absolute Gasteiger partial charge is 0.491 e. The molecule has 0 unspecified atom stereocenters. The van der Waals surface area contributed by atoms with Crippen LogP contribution < -0.4 is 15.4 Å². The third kappa shape index (κ3) is 6.96. The van der Waals surface area contributed by atoms with Crippen molar-refractivity contribution in [1.82, 2.24) is 20.8 Å². The Labute approximate surface area is 162 Å². The lowest BCUT2D eigenvalue weighted by Crippen LogP contribution is -2.37. The van der Waals surface area contributed by atoms with Gasteiger partial charge in [0, 0.05) is 24.3 Å². The molecule has 0 fully saturated rings. The maximum Gasteiger partial charge on any atom is 0.191 e. The van der Waals surface area contributed by atoms with Crippen LogP contribution in [0.2, 0.25) is 0 Å². The zero-order valence-corrected chi connectivity index (χ0v) is 17.2. The van der Waals surface area contributed by atoms with Crippen molar-refractivity contribution in [3.63, 3.8) is 0 Å². The molecule has 0 atom stereocenters. The van der Waals surface area contributed by atoms with Gasteiger partial charge >= 0.3 is 0 Å². The van der Waals surface area contributed by atoms with Crippen LogP contribution in [0, 0.1) is 13.8 Å². The molecule has 0 saturated carbocycles. The molecule has 1 aromatic carbocycles. The number of nitrogens with one attached hydrogen (secondary N) is 3. The van der Waals surface area contributed by atoms with E-state index in [0.29, 0.717) is 6.54 Å². The first-order valence-electron chi connectivity index (χ1n) is 9.76. The van der Waals surface area contributed by atoms with E-state index >= 15 is 0 Å². The number of H-pyrrole nitrogens is 1. The van der Waals surface area contributed by atoms with Gasteiger partial charge in [-0.05, 0) is 64.7 Å². The van der Waals surface area contributed by atoms with Gasteiger partial charge in [-0.1, -0.05) is 12.1 Å². The quantitative estimate of drug-likeness (QED) is 0.358. The van der Waals surface area contributed by atoms with Gasteiger partial charge < -0.3 is 15.4 Å². The summed E-state index contributed by atoms with van der Waals surface area (Å²) >= 11 is 0. The van der Waals surface area contributed by atoms with Crippen molar-refractivity contribution in [2.24, 2.45) is 4.99 Å². The summed E-state index contributed by atoms with van der Waals surface area (Å²) in [5.41, 5.74) is 4.71. The van der Waals surface area contributed by atoms with Crippen LogP contribution in [0.3, 0.4) is 0 Å². The van der Waals surface area contributed by atoms with Crippen molar-refractivity contribution in [2.45, 2.75) is 60.1 Å². The Hall–Kier alpha value is -2.50. The maximum atomic E-state index is 5.95. The second-order valence-electron chi connectivity index (χ2n) is 7.02. The number of aryl methyl sites for hydroxylation is 3. The molecule has 0 aliphatic heterocycles. The zero-order valence-electron chi connectivity index (χ0n) is 17.2. The molecule has 6 nitrogen and oxygen atoms in total. The first kappa shape index (κ1) is 20.8. The number of rotatable bonds is 9. The summed E-state index contributed by atoms with van der Waals surface area (Å²) in [4.78, 5) is 4.73. The minimum absolute atomic E-state index is 0.146. The molecule has 3 N–H and O–H groups in total. The van der Waals surface area contributed by atoms with Crippen LogP contribution in [0.25, 0.3) is 0 Å². The average molecular weight is 372 g/mol. The lowest BCUT2D eigenvalue weighted by molar-refractivity contribution is 0.240. The Morgan fingerprint density at radius 1 is 1.22 bits per heavy atom. The van der Waals surface area contributed by atoms with E-state index in [1.165, 1.54) is 11.1 Å². The van der Waals surface area contributed by atoms with Gasteiger partial charge in [0.25, 0.3) is 0 Å². The van der Waals surface area contributed by atoms with Crippen molar-refractivity contribution in [3.8, 4) is 5.75 Å². The minimum atomic E-state index is 0.146. The fourth-order valence-electron chi connectivity index (χ4n) is 2.78. The van der Waals surface area contributed by atoms with Crippen LogP contribution >= 0.6 is 0 Å². The SMILES string of the molecule is CCNC(=NCc1ccc(C)cc1OC(C)C)NCCCc1cn[nH]c1C. The summed E-state index contributed by atoms with van der Waals surface area (Å²) in [5, 5.41) is 13.8. The number of benzene rings is 1. The number of aromatic amines is 1. The Morgan fingerprint density at radius 2 is 2.04 bits per heavy atom. The van der Waals surface area contributed by atoms with Gasteiger partial charge in [0.15, 0.2) is 5.96 Å². The van der Waals surface area contributed by atoms with Crippen molar-refractivity contribution >= 4 is 5.96 Å². The summed E-state index contributed by atoms with van der Waals surface area (Å²) in [5.74, 6) is 1.75. The molecule has 2 aromatic rings. The molecule has 27 heavy (non-hydrogen) atoms. The lowest BCUT2D eigenvalue weighted by atomic mass is 10.1. The van der Waals surface area contributed by atoms with Crippen LogP contribution in [0.5, 0.6) is 5.75 Å². The number of aliphatic imine (C=N–C) groups is 1. The van der Waals surface area contributed by atoms with Crippen LogP contribution in [0.1, 0.15) is 49.6 Å². The van der Waals surface area contributed by atoms with E-state index in [0.717, 1.165) is 48.9 Å².